The molecule has 0 amide bonds. The topological polar surface area (TPSA) is 64.0 Å². The number of hydrogen-bond acceptors (Lipinski definition) is 3. The molecule has 0 saturated carbocycles. The van der Waals surface area contributed by atoms with Crippen molar-refractivity contribution in [3.05, 3.63) is 48.5 Å². The van der Waals surface area contributed by atoms with Crippen LogP contribution in [0.2, 0.25) is 0 Å². The highest BCUT2D eigenvalue weighted by molar-refractivity contribution is 7.89. The Morgan fingerprint density at radius 2 is 2.00 bits per heavy atom. The molecule has 1 heterocycles. The molecule has 0 radical (unpaired) electrons. The van der Waals surface area contributed by atoms with Gasteiger partial charge in [-0.1, -0.05) is 0 Å². The van der Waals surface area contributed by atoms with Crippen LogP contribution in [0.3, 0.4) is 0 Å². The summed E-state index contributed by atoms with van der Waals surface area (Å²) in [6.45, 7) is 0.662. The minimum absolute atomic E-state index is 0.0457. The molecule has 0 unspecified atom stereocenters. The van der Waals surface area contributed by atoms with Gasteiger partial charge in [0.1, 0.15) is 5.82 Å². The van der Waals surface area contributed by atoms with E-state index in [-0.39, 0.29) is 11.4 Å². The summed E-state index contributed by atoms with van der Waals surface area (Å²) in [5.74, 6) is -0.467. The molecule has 0 fully saturated rings. The molecule has 0 aliphatic rings. The summed E-state index contributed by atoms with van der Waals surface area (Å²) in [6.07, 6.45) is 3.36. The number of benzene rings is 1. The van der Waals surface area contributed by atoms with Crippen molar-refractivity contribution in [1.82, 2.24) is 14.5 Å². The molecule has 2 rings (SSSR count). The highest BCUT2D eigenvalue weighted by Crippen LogP contribution is 2.09. The van der Waals surface area contributed by atoms with Crippen LogP contribution in [-0.4, -0.2) is 24.7 Å². The monoisotopic (exact) mass is 269 g/mol. The fourth-order valence-electron chi connectivity index (χ4n) is 1.42. The van der Waals surface area contributed by atoms with Gasteiger partial charge in [0.2, 0.25) is 10.0 Å². The van der Waals surface area contributed by atoms with E-state index in [4.69, 9.17) is 0 Å². The summed E-state index contributed by atoms with van der Waals surface area (Å²) in [7, 11) is -3.59. The fourth-order valence-corrected chi connectivity index (χ4v) is 2.45. The van der Waals surface area contributed by atoms with Crippen LogP contribution >= 0.6 is 0 Å². The standard InChI is InChI=1S/C11H12FN3O2S/c12-10-2-4-11(5-3-10)18(16,17)14-7-9-15-8-1-6-13-15/h1-6,8,14H,7,9H2. The average molecular weight is 269 g/mol. The van der Waals surface area contributed by atoms with Gasteiger partial charge in [0.05, 0.1) is 11.4 Å². The molecule has 0 atom stereocenters. The molecule has 0 saturated heterocycles. The molecule has 1 N–H and O–H groups in total. The Hall–Kier alpha value is -1.73. The predicted octanol–water partition coefficient (Wildman–Crippen LogP) is 1.00. The SMILES string of the molecule is O=S(=O)(NCCn1cccn1)c1ccc(F)cc1. The zero-order valence-corrected chi connectivity index (χ0v) is 10.3. The van der Waals surface area contributed by atoms with E-state index >= 15 is 0 Å². The van der Waals surface area contributed by atoms with Gasteiger partial charge >= 0.3 is 0 Å². The van der Waals surface area contributed by atoms with Crippen molar-refractivity contribution in [2.45, 2.75) is 11.4 Å². The third-order valence-electron chi connectivity index (χ3n) is 2.32. The summed E-state index contributed by atoms with van der Waals surface area (Å²) in [6, 6.07) is 6.44. The highest BCUT2D eigenvalue weighted by atomic mass is 32.2. The Balaban J connectivity index is 1.97. The van der Waals surface area contributed by atoms with Gasteiger partial charge in [0.25, 0.3) is 0 Å². The second-order valence-corrected chi connectivity index (χ2v) is 5.39. The van der Waals surface area contributed by atoms with Crippen LogP contribution in [-0.2, 0) is 16.6 Å². The molecule has 18 heavy (non-hydrogen) atoms. The predicted molar refractivity (Wildman–Crippen MR) is 63.8 cm³/mol. The molecule has 0 spiro atoms. The highest BCUT2D eigenvalue weighted by Gasteiger charge is 2.12. The van der Waals surface area contributed by atoms with E-state index in [1.165, 1.54) is 12.1 Å². The van der Waals surface area contributed by atoms with Crippen LogP contribution in [0.15, 0.2) is 47.6 Å². The molecule has 0 aliphatic carbocycles. The zero-order chi connectivity index (χ0) is 13.0. The third-order valence-corrected chi connectivity index (χ3v) is 3.79. The Morgan fingerprint density at radius 3 is 2.61 bits per heavy atom. The normalized spacial score (nSPS) is 11.6. The first kappa shape index (κ1) is 12.7. The first-order valence-corrected chi connectivity index (χ1v) is 6.79. The molecule has 5 nitrogen and oxygen atoms in total. The van der Waals surface area contributed by atoms with Gasteiger partial charge in [-0.3, -0.25) is 4.68 Å². The van der Waals surface area contributed by atoms with E-state index < -0.39 is 15.8 Å². The van der Waals surface area contributed by atoms with Crippen molar-refractivity contribution in [3.63, 3.8) is 0 Å². The Morgan fingerprint density at radius 1 is 1.28 bits per heavy atom. The van der Waals surface area contributed by atoms with Gasteiger partial charge in [-0.25, -0.2) is 17.5 Å². The van der Waals surface area contributed by atoms with Gasteiger partial charge in [-0.2, -0.15) is 5.10 Å². The number of nitrogens with one attached hydrogen (secondary N) is 1. The number of halogens is 1. The smallest absolute Gasteiger partial charge is 0.240 e. The Labute approximate surface area is 104 Å². The molecular formula is C11H12FN3O2S. The van der Waals surface area contributed by atoms with Crippen molar-refractivity contribution in [2.24, 2.45) is 0 Å². The lowest BCUT2D eigenvalue weighted by Gasteiger charge is -2.06. The number of hydrogen-bond donors (Lipinski definition) is 1. The van der Waals surface area contributed by atoms with E-state index in [0.29, 0.717) is 6.54 Å². The van der Waals surface area contributed by atoms with E-state index in [1.807, 2.05) is 0 Å². The lowest BCUT2D eigenvalue weighted by molar-refractivity contribution is 0.560. The van der Waals surface area contributed by atoms with Gasteiger partial charge in [0.15, 0.2) is 0 Å². The minimum Gasteiger partial charge on any atom is -0.271 e. The Bertz CT molecular complexity index is 594. The zero-order valence-electron chi connectivity index (χ0n) is 9.45. The summed E-state index contributed by atoms with van der Waals surface area (Å²) >= 11 is 0. The summed E-state index contributed by atoms with van der Waals surface area (Å²) in [5.41, 5.74) is 0. The lowest BCUT2D eigenvalue weighted by Crippen LogP contribution is -2.27. The maximum Gasteiger partial charge on any atom is 0.240 e. The fraction of sp³-hybridized carbons (Fsp3) is 0.182. The van der Waals surface area contributed by atoms with Crippen molar-refractivity contribution in [1.29, 1.82) is 0 Å². The molecule has 2 aromatic rings. The molecule has 0 bridgehead atoms. The van der Waals surface area contributed by atoms with E-state index in [9.17, 15) is 12.8 Å². The van der Waals surface area contributed by atoms with Crippen LogP contribution in [0.1, 0.15) is 0 Å². The van der Waals surface area contributed by atoms with Gasteiger partial charge in [-0.15, -0.1) is 0 Å². The largest absolute Gasteiger partial charge is 0.271 e. The summed E-state index contributed by atoms with van der Waals surface area (Å²) < 4.78 is 40.3. The number of sulfonamides is 1. The van der Waals surface area contributed by atoms with Gasteiger partial charge < -0.3 is 0 Å². The second kappa shape index (κ2) is 5.28. The number of nitrogens with zero attached hydrogens (tertiary/aromatic N) is 2. The van der Waals surface area contributed by atoms with Crippen molar-refractivity contribution in [3.8, 4) is 0 Å². The van der Waals surface area contributed by atoms with Crippen molar-refractivity contribution >= 4 is 10.0 Å². The van der Waals surface area contributed by atoms with E-state index in [1.54, 1.807) is 23.1 Å². The number of aromatic nitrogens is 2. The van der Waals surface area contributed by atoms with E-state index in [2.05, 4.69) is 9.82 Å². The third kappa shape index (κ3) is 3.14. The van der Waals surface area contributed by atoms with Crippen molar-refractivity contribution < 1.29 is 12.8 Å². The molecular weight excluding hydrogens is 257 g/mol. The van der Waals surface area contributed by atoms with Crippen LogP contribution in [0.5, 0.6) is 0 Å². The van der Waals surface area contributed by atoms with E-state index in [0.717, 1.165) is 12.1 Å². The molecule has 96 valence electrons. The van der Waals surface area contributed by atoms with Crippen LogP contribution in [0.4, 0.5) is 4.39 Å². The van der Waals surface area contributed by atoms with Gasteiger partial charge in [0, 0.05) is 18.9 Å². The maximum atomic E-state index is 12.7. The quantitative estimate of drug-likeness (QED) is 0.880. The van der Waals surface area contributed by atoms with Crippen LogP contribution in [0, 0.1) is 5.82 Å². The van der Waals surface area contributed by atoms with Gasteiger partial charge in [-0.05, 0) is 30.3 Å². The Kier molecular flexibility index (Phi) is 3.73. The van der Waals surface area contributed by atoms with Crippen molar-refractivity contribution in [2.75, 3.05) is 6.54 Å². The first-order valence-electron chi connectivity index (χ1n) is 5.30. The molecule has 1 aromatic carbocycles. The second-order valence-electron chi connectivity index (χ2n) is 3.62. The molecule has 1 aromatic heterocycles. The summed E-state index contributed by atoms with van der Waals surface area (Å²) in [4.78, 5) is 0.0457. The van der Waals surface area contributed by atoms with Crippen LogP contribution in [0.25, 0.3) is 0 Å². The maximum absolute atomic E-state index is 12.7. The summed E-state index contributed by atoms with van der Waals surface area (Å²) in [5, 5.41) is 3.95. The first-order chi connectivity index (χ1) is 8.58. The lowest BCUT2D eigenvalue weighted by atomic mass is 10.4. The molecule has 7 heteroatoms. The van der Waals surface area contributed by atoms with Crippen LogP contribution < -0.4 is 4.72 Å². The average Bonchev–Trinajstić information content (AvgIpc) is 2.82. The molecule has 0 aliphatic heterocycles. The minimum atomic E-state index is -3.59. The number of rotatable bonds is 5.